The Kier molecular flexibility index (Phi) is 7.28. The van der Waals surface area contributed by atoms with Crippen LogP contribution in [-0.2, 0) is 4.79 Å². The molecule has 1 saturated heterocycles. The third-order valence-corrected chi connectivity index (χ3v) is 4.90. The first-order valence-electron chi connectivity index (χ1n) is 10.2. The van der Waals surface area contributed by atoms with Crippen molar-refractivity contribution in [1.29, 1.82) is 0 Å². The number of nitrogens with zero attached hydrogens (tertiary/aromatic N) is 1. The third kappa shape index (κ3) is 6.56. The average molecular weight is 374 g/mol. The summed E-state index contributed by atoms with van der Waals surface area (Å²) < 4.78 is 0. The molecular weight excluding hydrogens is 338 g/mol. The largest absolute Gasteiger partial charge is 0.371 e. The summed E-state index contributed by atoms with van der Waals surface area (Å²) in [5.74, 6) is -0.0987. The molecule has 0 bridgehead atoms. The summed E-state index contributed by atoms with van der Waals surface area (Å²) in [6.07, 6.45) is 4.86. The van der Waals surface area contributed by atoms with Gasteiger partial charge in [-0.2, -0.15) is 0 Å². The fraction of sp³-hybridized carbons (Fsp3) is 0.636. The normalized spacial score (nSPS) is 16.0. The molecule has 1 heterocycles. The standard InChI is InChI=1S/C22H35N3O2/c1-6-16(2)23-21(27)18-14-17(24-20(26)15-22(3,4)5)10-11-19(18)25-12-8-7-9-13-25/h10-11,14,16H,6-9,12-13,15H2,1-5H3,(H,23,27)(H,24,26)/t16-/m1/s1. The van der Waals surface area contributed by atoms with Crippen LogP contribution < -0.4 is 15.5 Å². The number of hydrogen-bond donors (Lipinski definition) is 2. The molecule has 1 aliphatic heterocycles. The van der Waals surface area contributed by atoms with Gasteiger partial charge in [-0.15, -0.1) is 0 Å². The van der Waals surface area contributed by atoms with Crippen molar-refractivity contribution in [2.24, 2.45) is 5.41 Å². The first kappa shape index (κ1) is 21.3. The predicted molar refractivity (Wildman–Crippen MR) is 112 cm³/mol. The number of piperidine rings is 1. The Balaban J connectivity index is 2.26. The van der Waals surface area contributed by atoms with Crippen molar-refractivity contribution in [1.82, 2.24) is 5.32 Å². The highest BCUT2D eigenvalue weighted by Crippen LogP contribution is 2.28. The Hall–Kier alpha value is -2.04. The van der Waals surface area contributed by atoms with Gasteiger partial charge >= 0.3 is 0 Å². The second-order valence-electron chi connectivity index (χ2n) is 8.85. The molecule has 0 saturated carbocycles. The van der Waals surface area contributed by atoms with Crippen molar-refractivity contribution in [2.75, 3.05) is 23.3 Å². The smallest absolute Gasteiger partial charge is 0.253 e. The van der Waals surface area contributed by atoms with E-state index in [1.165, 1.54) is 6.42 Å². The fourth-order valence-electron chi connectivity index (χ4n) is 3.30. The molecule has 5 heteroatoms. The SMILES string of the molecule is CC[C@@H](C)NC(=O)c1cc(NC(=O)CC(C)(C)C)ccc1N1CCCCC1. The number of benzene rings is 1. The molecule has 1 atom stereocenters. The van der Waals surface area contributed by atoms with Crippen LogP contribution in [0.2, 0.25) is 0 Å². The quantitative estimate of drug-likeness (QED) is 0.767. The van der Waals surface area contributed by atoms with Crippen molar-refractivity contribution in [2.45, 2.75) is 72.8 Å². The molecule has 2 rings (SSSR count). The van der Waals surface area contributed by atoms with Gasteiger partial charge in [-0.1, -0.05) is 27.7 Å². The van der Waals surface area contributed by atoms with Crippen molar-refractivity contribution in [3.05, 3.63) is 23.8 Å². The highest BCUT2D eigenvalue weighted by Gasteiger charge is 2.21. The van der Waals surface area contributed by atoms with E-state index in [-0.39, 0.29) is 23.3 Å². The van der Waals surface area contributed by atoms with Gasteiger partial charge in [-0.25, -0.2) is 0 Å². The molecule has 1 aromatic rings. The van der Waals surface area contributed by atoms with Gasteiger partial charge in [0.2, 0.25) is 5.91 Å². The second-order valence-corrected chi connectivity index (χ2v) is 8.85. The van der Waals surface area contributed by atoms with Crippen molar-refractivity contribution < 1.29 is 9.59 Å². The summed E-state index contributed by atoms with van der Waals surface area (Å²) in [4.78, 5) is 27.5. The Morgan fingerprint density at radius 1 is 1.15 bits per heavy atom. The molecular formula is C22H35N3O2. The highest BCUT2D eigenvalue weighted by atomic mass is 16.2. The third-order valence-electron chi connectivity index (χ3n) is 4.90. The number of nitrogens with one attached hydrogen (secondary N) is 2. The molecule has 5 nitrogen and oxygen atoms in total. The highest BCUT2D eigenvalue weighted by molar-refractivity contribution is 6.02. The van der Waals surface area contributed by atoms with Crippen LogP contribution in [0.1, 0.15) is 77.1 Å². The summed E-state index contributed by atoms with van der Waals surface area (Å²) in [6.45, 7) is 12.1. The fourth-order valence-corrected chi connectivity index (χ4v) is 3.30. The van der Waals surface area contributed by atoms with Crippen LogP contribution in [0.4, 0.5) is 11.4 Å². The first-order chi connectivity index (χ1) is 12.7. The van der Waals surface area contributed by atoms with E-state index in [1.54, 1.807) is 0 Å². The number of amides is 2. The first-order valence-corrected chi connectivity index (χ1v) is 10.2. The molecule has 0 radical (unpaired) electrons. The molecule has 150 valence electrons. The summed E-state index contributed by atoms with van der Waals surface area (Å²) in [6, 6.07) is 5.82. The van der Waals surface area contributed by atoms with Gasteiger partial charge in [-0.05, 0) is 56.2 Å². The van der Waals surface area contributed by atoms with Gasteiger partial charge in [-0.3, -0.25) is 9.59 Å². The molecule has 0 spiro atoms. The van der Waals surface area contributed by atoms with Gasteiger partial charge in [0.1, 0.15) is 0 Å². The lowest BCUT2D eigenvalue weighted by molar-refractivity contribution is -0.117. The average Bonchev–Trinajstić information content (AvgIpc) is 2.60. The Labute approximate surface area is 163 Å². The zero-order chi connectivity index (χ0) is 20.0. The lowest BCUT2D eigenvalue weighted by atomic mass is 9.92. The molecule has 27 heavy (non-hydrogen) atoms. The summed E-state index contributed by atoms with van der Waals surface area (Å²) in [7, 11) is 0. The Morgan fingerprint density at radius 3 is 2.41 bits per heavy atom. The number of carbonyl (C=O) groups excluding carboxylic acids is 2. The van der Waals surface area contributed by atoms with E-state index in [2.05, 4.69) is 22.5 Å². The van der Waals surface area contributed by atoms with E-state index in [0.717, 1.165) is 38.0 Å². The maximum absolute atomic E-state index is 12.9. The summed E-state index contributed by atoms with van der Waals surface area (Å²) in [5, 5.41) is 6.02. The number of hydrogen-bond acceptors (Lipinski definition) is 3. The maximum Gasteiger partial charge on any atom is 0.253 e. The van der Waals surface area contributed by atoms with Crippen LogP contribution in [0.3, 0.4) is 0 Å². The van der Waals surface area contributed by atoms with E-state index in [0.29, 0.717) is 17.7 Å². The van der Waals surface area contributed by atoms with Crippen LogP contribution >= 0.6 is 0 Å². The van der Waals surface area contributed by atoms with Gasteiger partial charge < -0.3 is 15.5 Å². The van der Waals surface area contributed by atoms with Gasteiger partial charge in [0.05, 0.1) is 5.56 Å². The summed E-state index contributed by atoms with van der Waals surface area (Å²) in [5.41, 5.74) is 2.21. The molecule has 0 unspecified atom stereocenters. The van der Waals surface area contributed by atoms with Gasteiger partial charge in [0, 0.05) is 36.9 Å². The molecule has 1 aromatic carbocycles. The lowest BCUT2D eigenvalue weighted by Crippen LogP contribution is -2.35. The van der Waals surface area contributed by atoms with Gasteiger partial charge in [0.15, 0.2) is 0 Å². The summed E-state index contributed by atoms with van der Waals surface area (Å²) >= 11 is 0. The number of anilines is 2. The van der Waals surface area contributed by atoms with Crippen molar-refractivity contribution in [3.63, 3.8) is 0 Å². The van der Waals surface area contributed by atoms with Gasteiger partial charge in [0.25, 0.3) is 5.91 Å². The van der Waals surface area contributed by atoms with Crippen LogP contribution in [0.15, 0.2) is 18.2 Å². The van der Waals surface area contributed by atoms with Crippen LogP contribution in [0, 0.1) is 5.41 Å². The minimum Gasteiger partial charge on any atom is -0.371 e. The molecule has 0 aromatic heterocycles. The zero-order valence-corrected chi connectivity index (χ0v) is 17.5. The monoisotopic (exact) mass is 373 g/mol. The zero-order valence-electron chi connectivity index (χ0n) is 17.5. The van der Waals surface area contributed by atoms with Crippen LogP contribution in [0.5, 0.6) is 0 Å². The second kappa shape index (κ2) is 9.25. The predicted octanol–water partition coefficient (Wildman–Crippen LogP) is 4.58. The molecule has 1 aliphatic rings. The van der Waals surface area contributed by atoms with Crippen molar-refractivity contribution >= 4 is 23.2 Å². The van der Waals surface area contributed by atoms with Crippen LogP contribution in [-0.4, -0.2) is 30.9 Å². The maximum atomic E-state index is 12.9. The number of carbonyl (C=O) groups is 2. The number of rotatable bonds is 6. The molecule has 0 aliphatic carbocycles. The molecule has 2 amide bonds. The Bertz CT molecular complexity index is 658. The van der Waals surface area contributed by atoms with E-state index >= 15 is 0 Å². The lowest BCUT2D eigenvalue weighted by Gasteiger charge is -2.31. The van der Waals surface area contributed by atoms with E-state index in [1.807, 2.05) is 45.9 Å². The van der Waals surface area contributed by atoms with E-state index in [9.17, 15) is 9.59 Å². The minimum absolute atomic E-state index is 0.0264. The minimum atomic E-state index is -0.0748. The van der Waals surface area contributed by atoms with Crippen LogP contribution in [0.25, 0.3) is 0 Å². The van der Waals surface area contributed by atoms with E-state index in [4.69, 9.17) is 0 Å². The Morgan fingerprint density at radius 2 is 1.81 bits per heavy atom. The van der Waals surface area contributed by atoms with E-state index < -0.39 is 0 Å². The molecule has 1 fully saturated rings. The molecule has 2 N–H and O–H groups in total. The topological polar surface area (TPSA) is 61.4 Å². The van der Waals surface area contributed by atoms with Crippen molar-refractivity contribution in [3.8, 4) is 0 Å².